The molecule has 0 heterocycles. The molecule has 4 heteroatoms. The van der Waals surface area contributed by atoms with Crippen LogP contribution in [-0.2, 0) is 6.54 Å². The Morgan fingerprint density at radius 2 is 1.88 bits per heavy atom. The van der Waals surface area contributed by atoms with E-state index in [2.05, 4.69) is 10.6 Å². The van der Waals surface area contributed by atoms with Gasteiger partial charge in [-0.1, -0.05) is 30.3 Å². The minimum atomic E-state index is -0.120. The van der Waals surface area contributed by atoms with Gasteiger partial charge in [0.15, 0.2) is 0 Å². The Bertz CT molecular complexity index is 311. The Labute approximate surface area is 96.6 Å². The van der Waals surface area contributed by atoms with Gasteiger partial charge in [0.2, 0.25) is 0 Å². The maximum atomic E-state index is 11.4. The predicted octanol–water partition coefficient (Wildman–Crippen LogP) is 1.05. The number of hydrogen-bond acceptors (Lipinski definition) is 2. The minimum absolute atomic E-state index is 0.120. The molecule has 1 rings (SSSR count). The summed E-state index contributed by atoms with van der Waals surface area (Å²) in [4.78, 5) is 13.4. The Morgan fingerprint density at radius 1 is 1.19 bits per heavy atom. The molecule has 0 saturated heterocycles. The van der Waals surface area contributed by atoms with E-state index >= 15 is 0 Å². The minimum Gasteiger partial charge on any atom is -0.337 e. The van der Waals surface area contributed by atoms with Gasteiger partial charge >= 0.3 is 6.03 Å². The standard InChI is InChI=1S/C12H19N3O/c1-15(2)9-8-13-12(16)14-10-11-6-4-3-5-7-11/h3-7H,8-10H2,1-2H3,(H2,13,14,16). The lowest BCUT2D eigenvalue weighted by atomic mass is 10.2. The second-order valence-corrected chi connectivity index (χ2v) is 3.90. The first-order valence-corrected chi connectivity index (χ1v) is 5.39. The molecule has 2 N–H and O–H groups in total. The monoisotopic (exact) mass is 221 g/mol. The third-order valence-corrected chi connectivity index (χ3v) is 2.14. The van der Waals surface area contributed by atoms with Crippen LogP contribution in [0.4, 0.5) is 4.79 Å². The molecular formula is C12H19N3O. The van der Waals surface area contributed by atoms with Crippen LogP contribution in [0.3, 0.4) is 0 Å². The summed E-state index contributed by atoms with van der Waals surface area (Å²) in [6, 6.07) is 9.73. The van der Waals surface area contributed by atoms with E-state index in [4.69, 9.17) is 0 Å². The number of nitrogens with one attached hydrogen (secondary N) is 2. The topological polar surface area (TPSA) is 44.4 Å². The zero-order chi connectivity index (χ0) is 11.8. The third-order valence-electron chi connectivity index (χ3n) is 2.14. The van der Waals surface area contributed by atoms with Crippen LogP contribution in [-0.4, -0.2) is 38.1 Å². The van der Waals surface area contributed by atoms with Crippen molar-refractivity contribution in [2.75, 3.05) is 27.2 Å². The van der Waals surface area contributed by atoms with Crippen molar-refractivity contribution in [3.8, 4) is 0 Å². The molecule has 0 aliphatic carbocycles. The first-order chi connectivity index (χ1) is 7.68. The highest BCUT2D eigenvalue weighted by Crippen LogP contribution is 1.96. The number of benzene rings is 1. The second kappa shape index (κ2) is 6.85. The Morgan fingerprint density at radius 3 is 2.50 bits per heavy atom. The average molecular weight is 221 g/mol. The molecule has 0 atom stereocenters. The quantitative estimate of drug-likeness (QED) is 0.780. The molecule has 88 valence electrons. The molecule has 0 aromatic heterocycles. The highest BCUT2D eigenvalue weighted by molar-refractivity contribution is 5.73. The second-order valence-electron chi connectivity index (χ2n) is 3.90. The van der Waals surface area contributed by atoms with Gasteiger partial charge in [-0.25, -0.2) is 4.79 Å². The van der Waals surface area contributed by atoms with Crippen LogP contribution >= 0.6 is 0 Å². The van der Waals surface area contributed by atoms with Gasteiger partial charge in [-0.3, -0.25) is 0 Å². The van der Waals surface area contributed by atoms with Gasteiger partial charge in [0.05, 0.1) is 0 Å². The lowest BCUT2D eigenvalue weighted by molar-refractivity contribution is 0.239. The summed E-state index contributed by atoms with van der Waals surface area (Å²) in [5.41, 5.74) is 1.10. The first kappa shape index (κ1) is 12.5. The van der Waals surface area contributed by atoms with E-state index in [1.807, 2.05) is 49.3 Å². The molecular weight excluding hydrogens is 202 g/mol. The maximum absolute atomic E-state index is 11.4. The van der Waals surface area contributed by atoms with Crippen LogP contribution in [0.2, 0.25) is 0 Å². The SMILES string of the molecule is CN(C)CCNC(=O)NCc1ccccc1. The number of rotatable bonds is 5. The normalized spacial score (nSPS) is 10.2. The van der Waals surface area contributed by atoms with E-state index in [1.54, 1.807) is 0 Å². The van der Waals surface area contributed by atoms with Crippen molar-refractivity contribution in [2.24, 2.45) is 0 Å². The molecule has 0 aliphatic rings. The lowest BCUT2D eigenvalue weighted by Crippen LogP contribution is -2.38. The van der Waals surface area contributed by atoms with E-state index in [1.165, 1.54) is 0 Å². The van der Waals surface area contributed by atoms with E-state index < -0.39 is 0 Å². The fourth-order valence-corrected chi connectivity index (χ4v) is 1.23. The molecule has 1 aromatic carbocycles. The lowest BCUT2D eigenvalue weighted by Gasteiger charge is -2.11. The van der Waals surface area contributed by atoms with Gasteiger partial charge in [-0.15, -0.1) is 0 Å². The van der Waals surface area contributed by atoms with Crippen molar-refractivity contribution in [1.29, 1.82) is 0 Å². The third kappa shape index (κ3) is 5.36. The summed E-state index contributed by atoms with van der Waals surface area (Å²) in [5.74, 6) is 0. The van der Waals surface area contributed by atoms with Gasteiger partial charge in [-0.05, 0) is 19.7 Å². The van der Waals surface area contributed by atoms with Crippen LogP contribution in [0.15, 0.2) is 30.3 Å². The van der Waals surface area contributed by atoms with Gasteiger partial charge < -0.3 is 15.5 Å². The molecule has 4 nitrogen and oxygen atoms in total. The summed E-state index contributed by atoms with van der Waals surface area (Å²) in [7, 11) is 3.95. The van der Waals surface area contributed by atoms with E-state index in [9.17, 15) is 4.79 Å². The molecule has 0 saturated carbocycles. The number of amides is 2. The molecule has 0 bridgehead atoms. The van der Waals surface area contributed by atoms with Crippen LogP contribution in [0.25, 0.3) is 0 Å². The Balaban J connectivity index is 2.16. The maximum Gasteiger partial charge on any atom is 0.315 e. The van der Waals surface area contributed by atoms with Gasteiger partial charge in [0, 0.05) is 19.6 Å². The summed E-state index contributed by atoms with van der Waals surface area (Å²) in [5, 5.41) is 5.60. The first-order valence-electron chi connectivity index (χ1n) is 5.39. The summed E-state index contributed by atoms with van der Waals surface area (Å²) in [6.45, 7) is 2.07. The van der Waals surface area contributed by atoms with Gasteiger partial charge in [0.1, 0.15) is 0 Å². The van der Waals surface area contributed by atoms with Gasteiger partial charge in [0.25, 0.3) is 0 Å². The van der Waals surface area contributed by atoms with Crippen molar-refractivity contribution >= 4 is 6.03 Å². The van der Waals surface area contributed by atoms with E-state index in [-0.39, 0.29) is 6.03 Å². The molecule has 0 radical (unpaired) electrons. The van der Waals surface area contributed by atoms with Crippen molar-refractivity contribution < 1.29 is 4.79 Å². The van der Waals surface area contributed by atoms with Gasteiger partial charge in [-0.2, -0.15) is 0 Å². The average Bonchev–Trinajstić information content (AvgIpc) is 2.27. The number of nitrogens with zero attached hydrogens (tertiary/aromatic N) is 1. The molecule has 0 aliphatic heterocycles. The number of hydrogen-bond donors (Lipinski definition) is 2. The van der Waals surface area contributed by atoms with Crippen molar-refractivity contribution in [3.63, 3.8) is 0 Å². The fourth-order valence-electron chi connectivity index (χ4n) is 1.23. The number of carbonyl (C=O) groups is 1. The molecule has 0 fully saturated rings. The molecule has 16 heavy (non-hydrogen) atoms. The number of likely N-dealkylation sites (N-methyl/N-ethyl adjacent to an activating group) is 1. The Hall–Kier alpha value is -1.55. The van der Waals surface area contributed by atoms with Crippen LogP contribution < -0.4 is 10.6 Å². The molecule has 0 unspecified atom stereocenters. The van der Waals surface area contributed by atoms with Crippen molar-refractivity contribution in [3.05, 3.63) is 35.9 Å². The predicted molar refractivity (Wildman–Crippen MR) is 65.2 cm³/mol. The number of urea groups is 1. The largest absolute Gasteiger partial charge is 0.337 e. The van der Waals surface area contributed by atoms with Crippen LogP contribution in [0.5, 0.6) is 0 Å². The molecule has 0 spiro atoms. The zero-order valence-corrected chi connectivity index (χ0v) is 9.86. The highest BCUT2D eigenvalue weighted by atomic mass is 16.2. The van der Waals surface area contributed by atoms with E-state index in [0.29, 0.717) is 13.1 Å². The summed E-state index contributed by atoms with van der Waals surface area (Å²) >= 11 is 0. The summed E-state index contributed by atoms with van der Waals surface area (Å²) in [6.07, 6.45) is 0. The van der Waals surface area contributed by atoms with Crippen LogP contribution in [0.1, 0.15) is 5.56 Å². The summed E-state index contributed by atoms with van der Waals surface area (Å²) < 4.78 is 0. The number of carbonyl (C=O) groups excluding carboxylic acids is 1. The Kier molecular flexibility index (Phi) is 5.36. The van der Waals surface area contributed by atoms with Crippen LogP contribution in [0, 0.1) is 0 Å². The molecule has 1 aromatic rings. The molecule has 2 amide bonds. The van der Waals surface area contributed by atoms with Crippen molar-refractivity contribution in [1.82, 2.24) is 15.5 Å². The highest BCUT2D eigenvalue weighted by Gasteiger charge is 1.99. The van der Waals surface area contributed by atoms with Crippen molar-refractivity contribution in [2.45, 2.75) is 6.54 Å². The zero-order valence-electron chi connectivity index (χ0n) is 9.86. The fraction of sp³-hybridized carbons (Fsp3) is 0.417. The van der Waals surface area contributed by atoms with E-state index in [0.717, 1.165) is 12.1 Å². The smallest absolute Gasteiger partial charge is 0.315 e.